The zero-order valence-electron chi connectivity index (χ0n) is 15.1. The highest BCUT2D eigenvalue weighted by Gasteiger charge is 2.05. The molecule has 0 aliphatic heterocycles. The van der Waals surface area contributed by atoms with Gasteiger partial charge in [0.15, 0.2) is 5.96 Å². The number of nitro benzene ring substituents is 1. The molecule has 0 aliphatic rings. The zero-order valence-corrected chi connectivity index (χ0v) is 17.4. The van der Waals surface area contributed by atoms with Gasteiger partial charge in [0, 0.05) is 39.3 Å². The Labute approximate surface area is 167 Å². The van der Waals surface area contributed by atoms with Gasteiger partial charge in [0.05, 0.1) is 4.92 Å². The number of aryl methyl sites for hydroxylation is 1. The molecule has 0 bridgehead atoms. The Kier molecular flexibility index (Phi) is 12.7. The number of guanidine groups is 1. The average molecular weight is 460 g/mol. The Morgan fingerprint density at radius 3 is 2.56 bits per heavy atom. The summed E-state index contributed by atoms with van der Waals surface area (Å²) in [6.45, 7) is 5.55. The number of nitrogens with one attached hydrogen (secondary N) is 1. The number of non-ortho nitro benzene ring substituents is 1. The van der Waals surface area contributed by atoms with Crippen molar-refractivity contribution in [2.75, 3.05) is 27.2 Å². The van der Waals surface area contributed by atoms with Gasteiger partial charge in [-0.05, 0) is 37.7 Å². The third-order valence-corrected chi connectivity index (χ3v) is 3.80. The lowest BCUT2D eigenvalue weighted by molar-refractivity contribution is -0.384. The third kappa shape index (κ3) is 9.42. The number of halogens is 1. The van der Waals surface area contributed by atoms with E-state index in [9.17, 15) is 10.1 Å². The van der Waals surface area contributed by atoms with E-state index >= 15 is 0 Å². The predicted octanol–water partition coefficient (Wildman–Crippen LogP) is 4.01. The van der Waals surface area contributed by atoms with Crippen molar-refractivity contribution in [1.82, 2.24) is 10.2 Å². The molecule has 0 amide bonds. The lowest BCUT2D eigenvalue weighted by Crippen LogP contribution is -2.39. The quantitative estimate of drug-likeness (QED) is 0.109. The lowest BCUT2D eigenvalue weighted by Gasteiger charge is -2.21. The molecule has 7 heteroatoms. The third-order valence-electron chi connectivity index (χ3n) is 3.80. The summed E-state index contributed by atoms with van der Waals surface area (Å²) in [5.41, 5.74) is 1.27. The molecule has 0 radical (unpaired) electrons. The summed E-state index contributed by atoms with van der Waals surface area (Å²) in [6.07, 6.45) is 6.99. The predicted molar refractivity (Wildman–Crippen MR) is 115 cm³/mol. The molecule has 25 heavy (non-hydrogen) atoms. The molecule has 0 saturated carbocycles. The topological polar surface area (TPSA) is 70.8 Å². The number of nitrogens with zero attached hydrogens (tertiary/aromatic N) is 3. The Hall–Kier alpha value is -1.64. The lowest BCUT2D eigenvalue weighted by atomic mass is 10.1. The first-order valence-corrected chi connectivity index (χ1v) is 8.34. The van der Waals surface area contributed by atoms with E-state index in [0.29, 0.717) is 0 Å². The molecule has 6 nitrogen and oxygen atoms in total. The van der Waals surface area contributed by atoms with E-state index in [1.54, 1.807) is 19.2 Å². The molecular weight excluding hydrogens is 431 g/mol. The largest absolute Gasteiger partial charge is 0.356 e. The van der Waals surface area contributed by atoms with Crippen LogP contribution >= 0.6 is 24.0 Å². The number of hydrogen-bond donors (Lipinski definition) is 1. The molecule has 0 spiro atoms. The highest BCUT2D eigenvalue weighted by molar-refractivity contribution is 14.0. The molecule has 1 aromatic carbocycles. The van der Waals surface area contributed by atoms with Crippen LogP contribution in [0.4, 0.5) is 5.69 Å². The first-order chi connectivity index (χ1) is 11.6. The zero-order chi connectivity index (χ0) is 17.8. The van der Waals surface area contributed by atoms with Crippen LogP contribution in [0.3, 0.4) is 0 Å². The minimum absolute atomic E-state index is 0. The number of hydrogen-bond acceptors (Lipinski definition) is 3. The van der Waals surface area contributed by atoms with Gasteiger partial charge in [0.2, 0.25) is 0 Å². The van der Waals surface area contributed by atoms with Crippen LogP contribution in [0.25, 0.3) is 0 Å². The Bertz CT molecular complexity index is 547. The summed E-state index contributed by atoms with van der Waals surface area (Å²) in [4.78, 5) is 16.7. The van der Waals surface area contributed by atoms with Gasteiger partial charge in [-0.3, -0.25) is 15.1 Å². The van der Waals surface area contributed by atoms with E-state index < -0.39 is 0 Å². The number of benzene rings is 1. The van der Waals surface area contributed by atoms with Crippen LogP contribution in [-0.2, 0) is 6.42 Å². The fourth-order valence-corrected chi connectivity index (χ4v) is 2.40. The number of aliphatic imine (C=N–C) groups is 1. The maximum Gasteiger partial charge on any atom is 0.269 e. The number of unbranched alkanes of at least 4 members (excludes halogenated alkanes) is 2. The van der Waals surface area contributed by atoms with Crippen LogP contribution < -0.4 is 5.32 Å². The molecule has 0 unspecified atom stereocenters. The SMILES string of the molecule is C=CCCCN(C)C(=NC)NCCCCc1ccc([N+](=O)[O-])cc1.I. The highest BCUT2D eigenvalue weighted by atomic mass is 127. The standard InChI is InChI=1S/C18H28N4O2.HI/c1-4-5-8-15-21(3)18(19-2)20-14-7-6-9-16-10-12-17(13-11-16)22(23)24;/h4,10-13H,1,5-9,14-15H2,2-3H3,(H,19,20);1H. The van der Waals surface area contributed by atoms with Crippen LogP contribution in [0.1, 0.15) is 31.2 Å². The van der Waals surface area contributed by atoms with Gasteiger partial charge in [-0.2, -0.15) is 0 Å². The number of rotatable bonds is 10. The molecule has 0 aliphatic carbocycles. The van der Waals surface area contributed by atoms with E-state index in [4.69, 9.17) is 0 Å². The molecule has 0 fully saturated rings. The second kappa shape index (κ2) is 13.6. The van der Waals surface area contributed by atoms with Gasteiger partial charge in [-0.1, -0.05) is 18.2 Å². The first kappa shape index (κ1) is 23.4. The van der Waals surface area contributed by atoms with Crippen LogP contribution in [0.5, 0.6) is 0 Å². The van der Waals surface area contributed by atoms with Crippen molar-refractivity contribution in [3.05, 3.63) is 52.6 Å². The monoisotopic (exact) mass is 460 g/mol. The minimum Gasteiger partial charge on any atom is -0.356 e. The van der Waals surface area contributed by atoms with Gasteiger partial charge in [0.1, 0.15) is 0 Å². The van der Waals surface area contributed by atoms with E-state index in [0.717, 1.165) is 56.7 Å². The average Bonchev–Trinajstić information content (AvgIpc) is 2.58. The van der Waals surface area contributed by atoms with E-state index in [1.807, 2.05) is 25.3 Å². The van der Waals surface area contributed by atoms with Crippen molar-refractivity contribution in [1.29, 1.82) is 0 Å². The van der Waals surface area contributed by atoms with Crippen molar-refractivity contribution in [3.8, 4) is 0 Å². The first-order valence-electron chi connectivity index (χ1n) is 8.34. The molecule has 1 rings (SSSR count). The summed E-state index contributed by atoms with van der Waals surface area (Å²) >= 11 is 0. The molecule has 0 aromatic heterocycles. The maximum absolute atomic E-state index is 10.6. The second-order valence-electron chi connectivity index (χ2n) is 5.71. The molecule has 0 heterocycles. The smallest absolute Gasteiger partial charge is 0.269 e. The molecule has 1 N–H and O–H groups in total. The van der Waals surface area contributed by atoms with Crippen LogP contribution in [0.2, 0.25) is 0 Å². The fourth-order valence-electron chi connectivity index (χ4n) is 2.40. The van der Waals surface area contributed by atoms with E-state index in [-0.39, 0.29) is 34.6 Å². The minimum atomic E-state index is -0.370. The van der Waals surface area contributed by atoms with Gasteiger partial charge in [-0.25, -0.2) is 0 Å². The molecule has 0 saturated heterocycles. The van der Waals surface area contributed by atoms with Crippen LogP contribution in [0.15, 0.2) is 41.9 Å². The summed E-state index contributed by atoms with van der Waals surface area (Å²) in [7, 11) is 3.83. The van der Waals surface area contributed by atoms with Crippen molar-refractivity contribution < 1.29 is 4.92 Å². The molecular formula is C18H29IN4O2. The maximum atomic E-state index is 10.6. The summed E-state index contributed by atoms with van der Waals surface area (Å²) in [5.74, 6) is 0.911. The fraction of sp³-hybridized carbons (Fsp3) is 0.500. The van der Waals surface area contributed by atoms with Crippen molar-refractivity contribution >= 4 is 35.6 Å². The Balaban J connectivity index is 0.00000576. The number of nitro groups is 1. The molecule has 1 aromatic rings. The summed E-state index contributed by atoms with van der Waals surface area (Å²) in [6, 6.07) is 6.79. The van der Waals surface area contributed by atoms with E-state index in [2.05, 4.69) is 21.8 Å². The van der Waals surface area contributed by atoms with Gasteiger partial charge < -0.3 is 10.2 Å². The van der Waals surface area contributed by atoms with Gasteiger partial charge in [0.25, 0.3) is 5.69 Å². The van der Waals surface area contributed by atoms with E-state index in [1.165, 1.54) is 0 Å². The van der Waals surface area contributed by atoms with Crippen molar-refractivity contribution in [3.63, 3.8) is 0 Å². The van der Waals surface area contributed by atoms with Crippen molar-refractivity contribution in [2.24, 2.45) is 4.99 Å². The van der Waals surface area contributed by atoms with Crippen molar-refractivity contribution in [2.45, 2.75) is 32.1 Å². The van der Waals surface area contributed by atoms with Gasteiger partial charge in [-0.15, -0.1) is 30.6 Å². The van der Waals surface area contributed by atoms with Gasteiger partial charge >= 0.3 is 0 Å². The molecule has 0 atom stereocenters. The molecule has 140 valence electrons. The normalized spacial score (nSPS) is 10.7. The highest BCUT2D eigenvalue weighted by Crippen LogP contribution is 2.13. The Morgan fingerprint density at radius 1 is 1.32 bits per heavy atom. The second-order valence-corrected chi connectivity index (χ2v) is 5.71. The summed E-state index contributed by atoms with van der Waals surface area (Å²) in [5, 5.41) is 14.0. The summed E-state index contributed by atoms with van der Waals surface area (Å²) < 4.78 is 0. The van der Waals surface area contributed by atoms with Crippen LogP contribution in [-0.4, -0.2) is 43.0 Å². The number of allylic oxidation sites excluding steroid dienone is 1. The Morgan fingerprint density at radius 2 is 2.00 bits per heavy atom. The van der Waals surface area contributed by atoms with Crippen LogP contribution in [0, 0.1) is 10.1 Å².